The number of carbonyl (C=O) groups excluding carboxylic acids is 1. The number of pyridine rings is 1. The van der Waals surface area contributed by atoms with Crippen molar-refractivity contribution in [3.8, 4) is 11.3 Å². The number of para-hydroxylation sites is 1. The monoisotopic (exact) mass is 415 g/mol. The Hall–Kier alpha value is -3.70. The van der Waals surface area contributed by atoms with Gasteiger partial charge in [-0.15, -0.1) is 0 Å². The van der Waals surface area contributed by atoms with Gasteiger partial charge in [0.05, 0.1) is 29.3 Å². The van der Waals surface area contributed by atoms with Crippen molar-refractivity contribution >= 4 is 40.7 Å². The van der Waals surface area contributed by atoms with Crippen molar-refractivity contribution in [2.24, 2.45) is 5.10 Å². The molecule has 0 aliphatic rings. The van der Waals surface area contributed by atoms with Gasteiger partial charge in [0.25, 0.3) is 5.91 Å². The predicted molar refractivity (Wildman–Crippen MR) is 121 cm³/mol. The Morgan fingerprint density at radius 1 is 1.10 bits per heavy atom. The van der Waals surface area contributed by atoms with E-state index in [9.17, 15) is 4.79 Å². The fourth-order valence-corrected chi connectivity index (χ4v) is 3.15. The maximum Gasteiger partial charge on any atom is 0.272 e. The lowest BCUT2D eigenvalue weighted by Gasteiger charge is -2.09. The molecule has 2 aromatic heterocycles. The lowest BCUT2D eigenvalue weighted by molar-refractivity contribution is 0.0956. The molecule has 148 valence electrons. The number of hydrazone groups is 1. The van der Waals surface area contributed by atoms with Gasteiger partial charge in [-0.1, -0.05) is 41.9 Å². The Bertz CT molecular complexity index is 1240. The van der Waals surface area contributed by atoms with E-state index in [1.807, 2.05) is 61.5 Å². The first kappa shape index (κ1) is 19.6. The molecule has 30 heavy (non-hydrogen) atoms. The van der Waals surface area contributed by atoms with Crippen molar-refractivity contribution in [1.29, 1.82) is 0 Å². The average molecular weight is 416 g/mol. The SMILES string of the molecule is C/C(C=NNC(=O)c1cc(-c2ccc(Cl)cc2)nc2ccccc12)=C/c1ccco1. The summed E-state index contributed by atoms with van der Waals surface area (Å²) in [5.41, 5.74) is 6.23. The van der Waals surface area contributed by atoms with Crippen molar-refractivity contribution in [2.75, 3.05) is 0 Å². The van der Waals surface area contributed by atoms with E-state index in [2.05, 4.69) is 15.5 Å². The maximum atomic E-state index is 12.9. The number of nitrogens with one attached hydrogen (secondary N) is 1. The number of allylic oxidation sites excluding steroid dienone is 1. The molecule has 0 spiro atoms. The zero-order valence-corrected chi connectivity index (χ0v) is 16.9. The number of hydrogen-bond acceptors (Lipinski definition) is 4. The summed E-state index contributed by atoms with van der Waals surface area (Å²) in [7, 11) is 0. The van der Waals surface area contributed by atoms with Gasteiger partial charge in [-0.3, -0.25) is 4.79 Å². The second-order valence-corrected chi connectivity index (χ2v) is 7.12. The highest BCUT2D eigenvalue weighted by Gasteiger charge is 2.13. The Labute approximate surface area is 178 Å². The molecule has 0 saturated carbocycles. The van der Waals surface area contributed by atoms with Gasteiger partial charge in [-0.25, -0.2) is 10.4 Å². The minimum absolute atomic E-state index is 0.314. The summed E-state index contributed by atoms with van der Waals surface area (Å²) >= 11 is 5.99. The number of carbonyl (C=O) groups is 1. The summed E-state index contributed by atoms with van der Waals surface area (Å²) in [5.74, 6) is 0.406. The molecular weight excluding hydrogens is 398 g/mol. The third-order valence-electron chi connectivity index (χ3n) is 4.45. The second-order valence-electron chi connectivity index (χ2n) is 6.68. The minimum Gasteiger partial charge on any atom is -0.465 e. The van der Waals surface area contributed by atoms with Gasteiger partial charge < -0.3 is 4.42 Å². The van der Waals surface area contributed by atoms with Gasteiger partial charge in [0, 0.05) is 16.0 Å². The van der Waals surface area contributed by atoms with Crippen LogP contribution in [0.3, 0.4) is 0 Å². The molecule has 2 aromatic carbocycles. The molecule has 4 rings (SSSR count). The molecule has 0 radical (unpaired) electrons. The van der Waals surface area contributed by atoms with E-state index in [1.165, 1.54) is 0 Å². The highest BCUT2D eigenvalue weighted by molar-refractivity contribution is 6.30. The summed E-state index contributed by atoms with van der Waals surface area (Å²) in [5, 5.41) is 5.48. The first-order valence-electron chi connectivity index (χ1n) is 9.31. The smallest absolute Gasteiger partial charge is 0.272 e. The van der Waals surface area contributed by atoms with Crippen molar-refractivity contribution in [3.05, 3.63) is 94.9 Å². The van der Waals surface area contributed by atoms with Gasteiger partial charge in [0.15, 0.2) is 0 Å². The molecule has 0 saturated heterocycles. The van der Waals surface area contributed by atoms with Crippen molar-refractivity contribution in [2.45, 2.75) is 6.92 Å². The van der Waals surface area contributed by atoms with Crippen LogP contribution in [0.15, 0.2) is 88.1 Å². The number of aromatic nitrogens is 1. The topological polar surface area (TPSA) is 67.5 Å². The minimum atomic E-state index is -0.314. The van der Waals surface area contributed by atoms with Gasteiger partial charge in [0.1, 0.15) is 5.76 Å². The molecule has 4 aromatic rings. The maximum absolute atomic E-state index is 12.9. The van der Waals surface area contributed by atoms with Crippen LogP contribution >= 0.6 is 11.6 Å². The fourth-order valence-electron chi connectivity index (χ4n) is 3.02. The van der Waals surface area contributed by atoms with E-state index in [4.69, 9.17) is 16.0 Å². The highest BCUT2D eigenvalue weighted by Crippen LogP contribution is 2.26. The molecule has 0 bridgehead atoms. The lowest BCUT2D eigenvalue weighted by atomic mass is 10.0. The van der Waals surface area contributed by atoms with Crippen LogP contribution in [0.2, 0.25) is 5.02 Å². The highest BCUT2D eigenvalue weighted by atomic mass is 35.5. The van der Waals surface area contributed by atoms with Gasteiger partial charge in [-0.2, -0.15) is 5.10 Å². The zero-order valence-electron chi connectivity index (χ0n) is 16.2. The molecule has 2 heterocycles. The molecule has 1 amide bonds. The molecular formula is C24H18ClN3O2. The van der Waals surface area contributed by atoms with Crippen LogP contribution in [0.4, 0.5) is 0 Å². The van der Waals surface area contributed by atoms with E-state index in [1.54, 1.807) is 30.7 Å². The van der Waals surface area contributed by atoms with E-state index >= 15 is 0 Å². The number of rotatable bonds is 5. The zero-order chi connectivity index (χ0) is 20.9. The Kier molecular flexibility index (Phi) is 5.72. The van der Waals surface area contributed by atoms with Crippen molar-refractivity contribution in [3.63, 3.8) is 0 Å². The number of amides is 1. The normalized spacial score (nSPS) is 11.9. The standard InChI is InChI=1S/C24H18ClN3O2/c1-16(13-19-5-4-12-30-19)15-26-28-24(29)21-14-23(17-8-10-18(25)11-9-17)27-22-7-3-2-6-20(21)22/h2-15H,1H3,(H,28,29)/b16-13-,26-15?. The van der Waals surface area contributed by atoms with Crippen molar-refractivity contribution in [1.82, 2.24) is 10.4 Å². The Morgan fingerprint density at radius 2 is 1.90 bits per heavy atom. The summed E-state index contributed by atoms with van der Waals surface area (Å²) < 4.78 is 5.27. The number of benzene rings is 2. The number of furan rings is 1. The molecule has 0 aliphatic heterocycles. The van der Waals surface area contributed by atoms with Crippen LogP contribution in [0.1, 0.15) is 23.0 Å². The van der Waals surface area contributed by atoms with Crippen LogP contribution < -0.4 is 5.43 Å². The van der Waals surface area contributed by atoms with E-state index in [0.717, 1.165) is 27.8 Å². The summed E-state index contributed by atoms with van der Waals surface area (Å²) in [4.78, 5) is 17.6. The van der Waals surface area contributed by atoms with Crippen molar-refractivity contribution < 1.29 is 9.21 Å². The predicted octanol–water partition coefficient (Wildman–Crippen LogP) is 5.97. The number of nitrogens with zero attached hydrogens (tertiary/aromatic N) is 2. The summed E-state index contributed by atoms with van der Waals surface area (Å²) in [6.45, 7) is 1.87. The average Bonchev–Trinajstić information content (AvgIpc) is 3.26. The van der Waals surface area contributed by atoms with Crippen LogP contribution in [-0.4, -0.2) is 17.1 Å². The van der Waals surface area contributed by atoms with E-state index in [0.29, 0.717) is 16.3 Å². The lowest BCUT2D eigenvalue weighted by Crippen LogP contribution is -2.18. The molecule has 1 N–H and O–H groups in total. The molecule has 6 heteroatoms. The Morgan fingerprint density at radius 3 is 2.67 bits per heavy atom. The number of fused-ring (bicyclic) bond motifs is 1. The summed E-state index contributed by atoms with van der Waals surface area (Å²) in [6, 6.07) is 20.3. The molecule has 0 unspecified atom stereocenters. The van der Waals surface area contributed by atoms with Crippen LogP contribution in [0, 0.1) is 0 Å². The number of halogens is 1. The number of hydrogen-bond donors (Lipinski definition) is 1. The van der Waals surface area contributed by atoms with Crippen LogP contribution in [-0.2, 0) is 0 Å². The van der Waals surface area contributed by atoms with Gasteiger partial charge >= 0.3 is 0 Å². The van der Waals surface area contributed by atoms with Gasteiger partial charge in [-0.05, 0) is 55.0 Å². The van der Waals surface area contributed by atoms with Crippen LogP contribution in [0.5, 0.6) is 0 Å². The first-order valence-corrected chi connectivity index (χ1v) is 9.69. The molecule has 5 nitrogen and oxygen atoms in total. The fraction of sp³-hybridized carbons (Fsp3) is 0.0417. The van der Waals surface area contributed by atoms with E-state index in [-0.39, 0.29) is 5.91 Å². The quantitative estimate of drug-likeness (QED) is 0.322. The van der Waals surface area contributed by atoms with Gasteiger partial charge in [0.2, 0.25) is 0 Å². The summed E-state index contributed by atoms with van der Waals surface area (Å²) in [6.07, 6.45) is 5.00. The van der Waals surface area contributed by atoms with Crippen LogP contribution in [0.25, 0.3) is 28.2 Å². The third kappa shape index (κ3) is 4.47. The molecule has 0 atom stereocenters. The molecule has 0 fully saturated rings. The first-order chi connectivity index (χ1) is 14.6. The second kappa shape index (κ2) is 8.76. The third-order valence-corrected chi connectivity index (χ3v) is 4.70. The Balaban J connectivity index is 1.63. The molecule has 0 aliphatic carbocycles. The van der Waals surface area contributed by atoms with E-state index < -0.39 is 0 Å². The largest absolute Gasteiger partial charge is 0.465 e.